The first kappa shape index (κ1) is 15.6. The molecule has 1 aromatic carbocycles. The number of nitrogens with zero attached hydrogens (tertiary/aromatic N) is 2. The minimum absolute atomic E-state index is 0.0108. The molecule has 6 heteroatoms. The van der Waals surface area contributed by atoms with Crippen LogP contribution in [0.15, 0.2) is 42.6 Å². The van der Waals surface area contributed by atoms with Gasteiger partial charge in [-0.3, -0.25) is 0 Å². The van der Waals surface area contributed by atoms with Gasteiger partial charge in [0.25, 0.3) is 0 Å². The fourth-order valence-electron chi connectivity index (χ4n) is 2.16. The van der Waals surface area contributed by atoms with Gasteiger partial charge in [0.05, 0.1) is 17.4 Å². The second-order valence-corrected chi connectivity index (χ2v) is 4.78. The molecular weight excluding hydrogens is 279 g/mol. The highest BCUT2D eigenvalue weighted by Crippen LogP contribution is 2.27. The molecule has 0 spiro atoms. The van der Waals surface area contributed by atoms with Gasteiger partial charge in [-0.05, 0) is 31.2 Å². The lowest BCUT2D eigenvalue weighted by molar-refractivity contribution is -0.136. The van der Waals surface area contributed by atoms with Crippen molar-refractivity contribution in [3.63, 3.8) is 0 Å². The predicted molar refractivity (Wildman–Crippen MR) is 75.3 cm³/mol. The Morgan fingerprint density at radius 1 is 1.19 bits per heavy atom. The lowest BCUT2D eigenvalue weighted by Crippen LogP contribution is -2.23. The van der Waals surface area contributed by atoms with Crippen LogP contribution in [0.4, 0.5) is 13.2 Å². The summed E-state index contributed by atoms with van der Waals surface area (Å²) >= 11 is 0. The summed E-state index contributed by atoms with van der Waals surface area (Å²) in [5.74, 6) is 0. The lowest BCUT2D eigenvalue weighted by atomic mass is 10.1. The number of hydrogen-bond acceptors (Lipinski definition) is 2. The van der Waals surface area contributed by atoms with Crippen LogP contribution < -0.4 is 5.32 Å². The maximum atomic E-state index is 12.4. The SMILES string of the molecule is CCNC(CCC(F)(F)F)c1ccn(-c2ccccc2)n1. The summed E-state index contributed by atoms with van der Waals surface area (Å²) in [7, 11) is 0. The minimum atomic E-state index is -4.14. The summed E-state index contributed by atoms with van der Waals surface area (Å²) in [4.78, 5) is 0. The van der Waals surface area contributed by atoms with Crippen LogP contribution in [0.2, 0.25) is 0 Å². The van der Waals surface area contributed by atoms with Gasteiger partial charge in [0.2, 0.25) is 0 Å². The lowest BCUT2D eigenvalue weighted by Gasteiger charge is -2.16. The number of aromatic nitrogens is 2. The molecule has 0 saturated heterocycles. The molecule has 0 aliphatic rings. The monoisotopic (exact) mass is 297 g/mol. The highest BCUT2D eigenvalue weighted by atomic mass is 19.4. The number of halogens is 3. The molecule has 0 aliphatic heterocycles. The number of hydrogen-bond donors (Lipinski definition) is 1. The first-order chi connectivity index (χ1) is 9.99. The van der Waals surface area contributed by atoms with E-state index in [2.05, 4.69) is 10.4 Å². The molecule has 0 aliphatic carbocycles. The maximum absolute atomic E-state index is 12.4. The Labute approximate surface area is 121 Å². The molecule has 0 bridgehead atoms. The molecule has 1 atom stereocenters. The van der Waals surface area contributed by atoms with Crippen LogP contribution >= 0.6 is 0 Å². The van der Waals surface area contributed by atoms with Gasteiger partial charge in [0.1, 0.15) is 0 Å². The van der Waals surface area contributed by atoms with Crippen LogP contribution in [0.1, 0.15) is 31.5 Å². The third-order valence-corrected chi connectivity index (χ3v) is 3.15. The topological polar surface area (TPSA) is 29.9 Å². The van der Waals surface area contributed by atoms with Gasteiger partial charge in [-0.1, -0.05) is 25.1 Å². The van der Waals surface area contributed by atoms with Crippen molar-refractivity contribution in [3.05, 3.63) is 48.3 Å². The average Bonchev–Trinajstić information content (AvgIpc) is 2.93. The summed E-state index contributed by atoms with van der Waals surface area (Å²) in [5.41, 5.74) is 1.51. The highest BCUT2D eigenvalue weighted by Gasteiger charge is 2.29. The molecule has 3 nitrogen and oxygen atoms in total. The maximum Gasteiger partial charge on any atom is 0.389 e. The van der Waals surface area contributed by atoms with Gasteiger partial charge >= 0.3 is 6.18 Å². The van der Waals surface area contributed by atoms with Gasteiger partial charge in [-0.2, -0.15) is 18.3 Å². The molecule has 1 heterocycles. The Bertz CT molecular complexity index is 549. The summed E-state index contributed by atoms with van der Waals surface area (Å²) in [6.07, 6.45) is -3.20. The van der Waals surface area contributed by atoms with Gasteiger partial charge in [0.15, 0.2) is 0 Å². The van der Waals surface area contributed by atoms with E-state index in [-0.39, 0.29) is 12.5 Å². The van der Waals surface area contributed by atoms with Gasteiger partial charge in [-0.15, -0.1) is 0 Å². The van der Waals surface area contributed by atoms with E-state index in [0.29, 0.717) is 12.2 Å². The van der Waals surface area contributed by atoms with E-state index in [9.17, 15) is 13.2 Å². The molecule has 114 valence electrons. The number of para-hydroxylation sites is 1. The van der Waals surface area contributed by atoms with E-state index >= 15 is 0 Å². The number of nitrogens with one attached hydrogen (secondary N) is 1. The summed E-state index contributed by atoms with van der Waals surface area (Å²) in [6, 6.07) is 10.9. The molecule has 1 aromatic heterocycles. The molecule has 0 fully saturated rings. The third-order valence-electron chi connectivity index (χ3n) is 3.15. The zero-order valence-electron chi connectivity index (χ0n) is 11.8. The number of benzene rings is 1. The van der Waals surface area contributed by atoms with Crippen molar-refractivity contribution in [1.29, 1.82) is 0 Å². The average molecular weight is 297 g/mol. The first-order valence-electron chi connectivity index (χ1n) is 6.90. The van der Waals surface area contributed by atoms with Gasteiger partial charge in [0, 0.05) is 12.6 Å². The molecule has 0 radical (unpaired) electrons. The molecule has 1 N–H and O–H groups in total. The zero-order chi connectivity index (χ0) is 15.3. The van der Waals surface area contributed by atoms with Crippen LogP contribution in [0, 0.1) is 0 Å². The quantitative estimate of drug-likeness (QED) is 0.877. The van der Waals surface area contributed by atoms with Crippen molar-refractivity contribution in [2.24, 2.45) is 0 Å². The van der Waals surface area contributed by atoms with Crippen molar-refractivity contribution in [1.82, 2.24) is 15.1 Å². The number of rotatable bonds is 6. The smallest absolute Gasteiger partial charge is 0.309 e. The molecular formula is C15H18F3N3. The van der Waals surface area contributed by atoms with Crippen LogP contribution in [-0.4, -0.2) is 22.5 Å². The van der Waals surface area contributed by atoms with Gasteiger partial charge in [-0.25, -0.2) is 4.68 Å². The molecule has 1 unspecified atom stereocenters. The molecule has 2 rings (SSSR count). The fraction of sp³-hybridized carbons (Fsp3) is 0.400. The second-order valence-electron chi connectivity index (χ2n) is 4.78. The van der Waals surface area contributed by atoms with Gasteiger partial charge < -0.3 is 5.32 Å². The van der Waals surface area contributed by atoms with Crippen LogP contribution in [-0.2, 0) is 0 Å². The van der Waals surface area contributed by atoms with Crippen molar-refractivity contribution in [2.45, 2.75) is 32.0 Å². The zero-order valence-corrected chi connectivity index (χ0v) is 11.8. The Morgan fingerprint density at radius 3 is 2.52 bits per heavy atom. The highest BCUT2D eigenvalue weighted by molar-refractivity contribution is 5.30. The van der Waals surface area contributed by atoms with Crippen molar-refractivity contribution >= 4 is 0 Å². The van der Waals surface area contributed by atoms with E-state index < -0.39 is 12.6 Å². The molecule has 0 amide bonds. The third kappa shape index (κ3) is 4.60. The fourth-order valence-corrected chi connectivity index (χ4v) is 2.16. The largest absolute Gasteiger partial charge is 0.389 e. The molecule has 0 saturated carbocycles. The van der Waals surface area contributed by atoms with E-state index in [4.69, 9.17) is 0 Å². The second kappa shape index (κ2) is 6.76. The molecule has 2 aromatic rings. The van der Waals surface area contributed by atoms with E-state index in [0.717, 1.165) is 5.69 Å². The predicted octanol–water partition coefficient (Wildman–Crippen LogP) is 3.87. The van der Waals surface area contributed by atoms with E-state index in [1.807, 2.05) is 37.3 Å². The standard InChI is InChI=1S/C15H18F3N3/c1-2-19-13(8-10-15(16,17)18)14-9-11-21(20-14)12-6-4-3-5-7-12/h3-7,9,11,13,19H,2,8,10H2,1H3. The van der Waals surface area contributed by atoms with Crippen molar-refractivity contribution in [2.75, 3.05) is 6.54 Å². The number of alkyl halides is 3. The summed E-state index contributed by atoms with van der Waals surface area (Å²) in [6.45, 7) is 2.47. The Balaban J connectivity index is 2.12. The van der Waals surface area contributed by atoms with Crippen LogP contribution in [0.5, 0.6) is 0 Å². The van der Waals surface area contributed by atoms with E-state index in [1.54, 1.807) is 16.9 Å². The first-order valence-corrected chi connectivity index (χ1v) is 6.90. The molecule has 21 heavy (non-hydrogen) atoms. The Hall–Kier alpha value is -1.82. The van der Waals surface area contributed by atoms with Crippen molar-refractivity contribution in [3.8, 4) is 5.69 Å². The Kier molecular flexibility index (Phi) is 5.01. The van der Waals surface area contributed by atoms with Crippen LogP contribution in [0.25, 0.3) is 5.69 Å². The normalized spacial score (nSPS) is 13.3. The van der Waals surface area contributed by atoms with Crippen LogP contribution in [0.3, 0.4) is 0 Å². The van der Waals surface area contributed by atoms with E-state index in [1.165, 1.54) is 0 Å². The minimum Gasteiger partial charge on any atom is -0.309 e. The summed E-state index contributed by atoms with van der Waals surface area (Å²) in [5, 5.41) is 7.45. The summed E-state index contributed by atoms with van der Waals surface area (Å²) < 4.78 is 38.8. The van der Waals surface area contributed by atoms with Crippen molar-refractivity contribution < 1.29 is 13.2 Å². The Morgan fingerprint density at radius 2 is 1.90 bits per heavy atom.